The maximum atomic E-state index is 10.8. The van der Waals surface area contributed by atoms with Crippen LogP contribution in [0.25, 0.3) is 0 Å². The summed E-state index contributed by atoms with van der Waals surface area (Å²) in [7, 11) is 4.16. The summed E-state index contributed by atoms with van der Waals surface area (Å²) in [6.07, 6.45) is 1.96. The molecule has 1 fully saturated rings. The molecule has 1 aromatic rings. The van der Waals surface area contributed by atoms with Gasteiger partial charge in [-0.2, -0.15) is 0 Å². The van der Waals surface area contributed by atoms with Gasteiger partial charge in [0.25, 0.3) is 0 Å². The van der Waals surface area contributed by atoms with Gasteiger partial charge in [-0.1, -0.05) is 0 Å². The number of rotatable bonds is 3. The second-order valence-electron chi connectivity index (χ2n) is 4.99. The predicted octanol–water partition coefficient (Wildman–Crippen LogP) is -0.455. The minimum atomic E-state index is -1.10. The van der Waals surface area contributed by atoms with Gasteiger partial charge in [0.05, 0.1) is 0 Å². The first kappa shape index (κ1) is 13.7. The van der Waals surface area contributed by atoms with E-state index in [0.29, 0.717) is 18.3 Å². The van der Waals surface area contributed by atoms with Crippen molar-refractivity contribution >= 4 is 11.8 Å². The highest BCUT2D eigenvalue weighted by Crippen LogP contribution is 2.13. The number of piperazine rings is 1. The summed E-state index contributed by atoms with van der Waals surface area (Å²) >= 11 is 0. The molecule has 1 unspecified atom stereocenters. The number of hydrogen-bond acceptors (Lipinski definition) is 6. The van der Waals surface area contributed by atoms with Crippen molar-refractivity contribution in [2.24, 2.45) is 0 Å². The average molecular weight is 265 g/mol. The first-order chi connectivity index (χ1) is 8.97. The molecule has 0 spiro atoms. The number of aromatic nitrogens is 2. The second kappa shape index (κ2) is 5.50. The molecule has 2 heterocycles. The minimum Gasteiger partial charge on any atom is -0.477 e. The number of hydrogen-bond donors (Lipinski definition) is 2. The summed E-state index contributed by atoms with van der Waals surface area (Å²) in [6.45, 7) is 3.00. The van der Waals surface area contributed by atoms with Crippen molar-refractivity contribution in [3.63, 3.8) is 0 Å². The number of carbonyl (C=O) groups is 1. The van der Waals surface area contributed by atoms with Crippen molar-refractivity contribution in [3.05, 3.63) is 17.6 Å². The normalized spacial score (nSPS) is 21.5. The van der Waals surface area contributed by atoms with Crippen LogP contribution in [-0.2, 0) is 6.42 Å². The van der Waals surface area contributed by atoms with E-state index >= 15 is 0 Å². The summed E-state index contributed by atoms with van der Waals surface area (Å²) < 4.78 is 0. The van der Waals surface area contributed by atoms with E-state index < -0.39 is 5.97 Å². The molecule has 104 valence electrons. The van der Waals surface area contributed by atoms with Crippen LogP contribution in [0.15, 0.2) is 6.20 Å². The maximum absolute atomic E-state index is 10.8. The zero-order valence-electron chi connectivity index (χ0n) is 11.2. The topological polar surface area (TPSA) is 95.6 Å². The molecule has 0 amide bonds. The second-order valence-corrected chi connectivity index (χ2v) is 4.99. The van der Waals surface area contributed by atoms with Crippen LogP contribution in [0, 0.1) is 0 Å². The highest BCUT2D eigenvalue weighted by atomic mass is 16.4. The molecule has 7 nitrogen and oxygen atoms in total. The maximum Gasteiger partial charge on any atom is 0.341 e. The number of carboxylic acids is 1. The molecular weight excluding hydrogens is 246 g/mol. The van der Waals surface area contributed by atoms with Gasteiger partial charge in [-0.15, -0.1) is 0 Å². The van der Waals surface area contributed by atoms with Gasteiger partial charge >= 0.3 is 5.97 Å². The molecule has 3 N–H and O–H groups in total. The van der Waals surface area contributed by atoms with Crippen LogP contribution in [0.1, 0.15) is 16.2 Å². The molecule has 1 aliphatic rings. The van der Waals surface area contributed by atoms with E-state index in [9.17, 15) is 4.79 Å². The molecular formula is C12H19N5O2. The fourth-order valence-corrected chi connectivity index (χ4v) is 2.23. The van der Waals surface area contributed by atoms with E-state index in [0.717, 1.165) is 19.6 Å². The third kappa shape index (κ3) is 3.18. The fraction of sp³-hybridized carbons (Fsp3) is 0.583. The molecule has 0 aliphatic carbocycles. The van der Waals surface area contributed by atoms with Crippen molar-refractivity contribution in [2.75, 3.05) is 39.5 Å². The Kier molecular flexibility index (Phi) is 3.96. The van der Waals surface area contributed by atoms with E-state index in [1.165, 1.54) is 6.20 Å². The number of aromatic carboxylic acids is 1. The molecule has 1 aliphatic heterocycles. The monoisotopic (exact) mass is 265 g/mol. The summed E-state index contributed by atoms with van der Waals surface area (Å²) in [5.41, 5.74) is 5.59. The van der Waals surface area contributed by atoms with Crippen LogP contribution >= 0.6 is 0 Å². The zero-order valence-corrected chi connectivity index (χ0v) is 11.2. The standard InChI is InChI=1S/C12H19N5O2/c1-16-3-4-17(2)8(7-16)5-10-14-6-9(12(18)19)11(13)15-10/h6,8H,3-5,7H2,1-2H3,(H,18,19)(H2,13,14,15). The summed E-state index contributed by atoms with van der Waals surface area (Å²) in [4.78, 5) is 23.6. The summed E-state index contributed by atoms with van der Waals surface area (Å²) in [6, 6.07) is 0.328. The smallest absolute Gasteiger partial charge is 0.341 e. The van der Waals surface area contributed by atoms with Crippen LogP contribution < -0.4 is 5.73 Å². The number of anilines is 1. The minimum absolute atomic E-state index is 0.0318. The van der Waals surface area contributed by atoms with Gasteiger partial charge in [-0.25, -0.2) is 14.8 Å². The lowest BCUT2D eigenvalue weighted by Crippen LogP contribution is -2.51. The van der Waals surface area contributed by atoms with Gasteiger partial charge < -0.3 is 20.6 Å². The molecule has 1 aromatic heterocycles. The Labute approximate surface area is 112 Å². The highest BCUT2D eigenvalue weighted by molar-refractivity contribution is 5.92. The lowest BCUT2D eigenvalue weighted by molar-refractivity contribution is 0.0697. The van der Waals surface area contributed by atoms with Gasteiger partial charge in [-0.05, 0) is 14.1 Å². The molecule has 19 heavy (non-hydrogen) atoms. The van der Waals surface area contributed by atoms with Crippen molar-refractivity contribution in [1.82, 2.24) is 19.8 Å². The summed E-state index contributed by atoms with van der Waals surface area (Å²) in [5, 5.41) is 8.88. The van der Waals surface area contributed by atoms with E-state index in [1.807, 2.05) is 0 Å². The van der Waals surface area contributed by atoms with E-state index in [1.54, 1.807) is 0 Å². The Morgan fingerprint density at radius 3 is 2.89 bits per heavy atom. The molecule has 0 aromatic carbocycles. The van der Waals surface area contributed by atoms with Crippen LogP contribution in [-0.4, -0.2) is 70.6 Å². The third-order valence-electron chi connectivity index (χ3n) is 3.50. The first-order valence-electron chi connectivity index (χ1n) is 6.21. The zero-order chi connectivity index (χ0) is 14.0. The molecule has 2 rings (SSSR count). The molecule has 1 atom stereocenters. The molecule has 7 heteroatoms. The SMILES string of the molecule is CN1CCN(C)C(Cc2ncc(C(=O)O)c(N)n2)C1. The Morgan fingerprint density at radius 1 is 1.53 bits per heavy atom. The Morgan fingerprint density at radius 2 is 2.26 bits per heavy atom. The number of carboxylic acid groups (broad SMARTS) is 1. The van der Waals surface area contributed by atoms with Crippen LogP contribution in [0.3, 0.4) is 0 Å². The van der Waals surface area contributed by atoms with E-state index in [4.69, 9.17) is 10.8 Å². The van der Waals surface area contributed by atoms with Gasteiger partial charge in [0.2, 0.25) is 0 Å². The highest BCUT2D eigenvalue weighted by Gasteiger charge is 2.23. The predicted molar refractivity (Wildman–Crippen MR) is 71.0 cm³/mol. The van der Waals surface area contributed by atoms with Crippen LogP contribution in [0.4, 0.5) is 5.82 Å². The van der Waals surface area contributed by atoms with Crippen molar-refractivity contribution < 1.29 is 9.90 Å². The van der Waals surface area contributed by atoms with Gasteiger partial charge in [0, 0.05) is 38.3 Å². The first-order valence-corrected chi connectivity index (χ1v) is 6.21. The van der Waals surface area contributed by atoms with Crippen LogP contribution in [0.5, 0.6) is 0 Å². The fourth-order valence-electron chi connectivity index (χ4n) is 2.23. The van der Waals surface area contributed by atoms with Crippen molar-refractivity contribution in [1.29, 1.82) is 0 Å². The molecule has 0 radical (unpaired) electrons. The third-order valence-corrected chi connectivity index (χ3v) is 3.50. The van der Waals surface area contributed by atoms with Gasteiger partial charge in [0.1, 0.15) is 17.2 Å². The number of nitrogens with two attached hydrogens (primary N) is 1. The molecule has 0 bridgehead atoms. The van der Waals surface area contributed by atoms with E-state index in [-0.39, 0.29) is 11.4 Å². The van der Waals surface area contributed by atoms with Gasteiger partial charge in [0.15, 0.2) is 0 Å². The van der Waals surface area contributed by atoms with Crippen molar-refractivity contribution in [2.45, 2.75) is 12.5 Å². The van der Waals surface area contributed by atoms with E-state index in [2.05, 4.69) is 33.9 Å². The quantitative estimate of drug-likeness (QED) is 0.763. The lowest BCUT2D eigenvalue weighted by Gasteiger charge is -2.37. The number of nitrogen functional groups attached to an aromatic ring is 1. The van der Waals surface area contributed by atoms with Crippen LogP contribution in [0.2, 0.25) is 0 Å². The lowest BCUT2D eigenvalue weighted by atomic mass is 10.1. The Balaban J connectivity index is 2.10. The number of nitrogens with zero attached hydrogens (tertiary/aromatic N) is 4. The Bertz CT molecular complexity index is 479. The average Bonchev–Trinajstić information content (AvgIpc) is 2.33. The van der Waals surface area contributed by atoms with Gasteiger partial charge in [-0.3, -0.25) is 0 Å². The Hall–Kier alpha value is -1.73. The largest absolute Gasteiger partial charge is 0.477 e. The molecule has 1 saturated heterocycles. The summed E-state index contributed by atoms with van der Waals surface area (Å²) in [5.74, 6) is -0.475. The van der Waals surface area contributed by atoms with Crippen molar-refractivity contribution in [3.8, 4) is 0 Å². The molecule has 0 saturated carbocycles. The number of likely N-dealkylation sites (N-methyl/N-ethyl adjacent to an activating group) is 2.